The van der Waals surface area contributed by atoms with E-state index < -0.39 is 0 Å². The van der Waals surface area contributed by atoms with Gasteiger partial charge < -0.3 is 14.5 Å². The summed E-state index contributed by atoms with van der Waals surface area (Å²) in [6.07, 6.45) is 4.24. The third-order valence-corrected chi connectivity index (χ3v) is 7.18. The summed E-state index contributed by atoms with van der Waals surface area (Å²) in [5, 5.41) is 0. The number of urea groups is 1. The van der Waals surface area contributed by atoms with Crippen LogP contribution in [0, 0.1) is 0 Å². The summed E-state index contributed by atoms with van der Waals surface area (Å²) in [7, 11) is 0. The number of fused-ring (bicyclic) bond motifs is 1. The first-order valence-corrected chi connectivity index (χ1v) is 12.3. The Morgan fingerprint density at radius 1 is 1.03 bits per heavy atom. The highest BCUT2D eigenvalue weighted by Crippen LogP contribution is 2.43. The van der Waals surface area contributed by atoms with Crippen LogP contribution in [0.1, 0.15) is 37.3 Å². The second-order valence-electron chi connectivity index (χ2n) is 8.14. The molecule has 2 aromatic carbocycles. The van der Waals surface area contributed by atoms with Gasteiger partial charge in [-0.1, -0.05) is 66.7 Å². The van der Waals surface area contributed by atoms with Gasteiger partial charge in [0.2, 0.25) is 0 Å². The van der Waals surface area contributed by atoms with Crippen molar-refractivity contribution in [2.75, 3.05) is 12.4 Å². The van der Waals surface area contributed by atoms with Crippen LogP contribution in [0.25, 0.3) is 0 Å². The molecule has 2 atom stereocenters. The molecule has 0 bridgehead atoms. The van der Waals surface area contributed by atoms with Crippen LogP contribution in [-0.4, -0.2) is 46.2 Å². The predicted molar refractivity (Wildman–Crippen MR) is 128 cm³/mol. The van der Waals surface area contributed by atoms with Crippen molar-refractivity contribution >= 4 is 23.8 Å². The molecule has 2 heterocycles. The Bertz CT molecular complexity index is 948. The van der Waals surface area contributed by atoms with E-state index in [4.69, 9.17) is 4.74 Å². The number of amides is 2. The van der Waals surface area contributed by atoms with Crippen LogP contribution >= 0.6 is 11.8 Å². The Hall–Kier alpha value is -2.73. The third kappa shape index (κ3) is 5.18. The van der Waals surface area contributed by atoms with Crippen molar-refractivity contribution in [3.8, 4) is 0 Å². The van der Waals surface area contributed by atoms with Gasteiger partial charge in [-0.2, -0.15) is 0 Å². The number of allylic oxidation sites excluding steroid dienone is 1. The van der Waals surface area contributed by atoms with Gasteiger partial charge in [-0.15, -0.1) is 11.8 Å². The molecular formula is C26H30N2O3S. The number of hydrogen-bond donors (Lipinski definition) is 0. The Labute approximate surface area is 194 Å². The lowest BCUT2D eigenvalue weighted by Gasteiger charge is -2.23. The van der Waals surface area contributed by atoms with Crippen LogP contribution < -0.4 is 0 Å². The molecule has 0 aromatic heterocycles. The highest BCUT2D eigenvalue weighted by atomic mass is 32.2. The molecule has 0 aliphatic carbocycles. The van der Waals surface area contributed by atoms with Crippen LogP contribution in [-0.2, 0) is 22.6 Å². The van der Waals surface area contributed by atoms with E-state index in [0.29, 0.717) is 26.1 Å². The fourth-order valence-corrected chi connectivity index (χ4v) is 5.83. The van der Waals surface area contributed by atoms with Gasteiger partial charge in [0.1, 0.15) is 0 Å². The first-order chi connectivity index (χ1) is 15.7. The Balaban J connectivity index is 1.51. The van der Waals surface area contributed by atoms with Gasteiger partial charge in [0.15, 0.2) is 0 Å². The molecule has 2 aromatic rings. The quantitative estimate of drug-likeness (QED) is 0.298. The summed E-state index contributed by atoms with van der Waals surface area (Å²) in [6, 6.07) is 20.7. The molecule has 2 saturated heterocycles. The highest BCUT2D eigenvalue weighted by Gasteiger charge is 2.50. The molecule has 6 heteroatoms. The van der Waals surface area contributed by atoms with Crippen molar-refractivity contribution in [1.29, 1.82) is 0 Å². The van der Waals surface area contributed by atoms with Gasteiger partial charge in [-0.3, -0.25) is 4.79 Å². The van der Waals surface area contributed by atoms with Gasteiger partial charge in [-0.25, -0.2) is 4.79 Å². The number of ether oxygens (including phenoxy) is 1. The Morgan fingerprint density at radius 3 is 2.28 bits per heavy atom. The fourth-order valence-electron chi connectivity index (χ4n) is 4.41. The average molecular weight is 451 g/mol. The number of carbonyl (C=O) groups excluding carboxylic acids is 2. The van der Waals surface area contributed by atoms with E-state index in [9.17, 15) is 9.59 Å². The van der Waals surface area contributed by atoms with Crippen molar-refractivity contribution in [2.45, 2.75) is 51.4 Å². The minimum Gasteiger partial charge on any atom is -0.466 e. The molecule has 5 nitrogen and oxygen atoms in total. The first-order valence-electron chi connectivity index (χ1n) is 11.3. The maximum absolute atomic E-state index is 13.5. The van der Waals surface area contributed by atoms with Crippen molar-refractivity contribution < 1.29 is 14.3 Å². The highest BCUT2D eigenvalue weighted by molar-refractivity contribution is 8.03. The molecule has 0 spiro atoms. The van der Waals surface area contributed by atoms with Gasteiger partial charge >= 0.3 is 12.0 Å². The number of thioether (sulfide) groups is 1. The monoisotopic (exact) mass is 450 g/mol. The molecule has 2 unspecified atom stereocenters. The minimum atomic E-state index is -0.140. The van der Waals surface area contributed by atoms with E-state index in [2.05, 4.69) is 30.3 Å². The van der Waals surface area contributed by atoms with Crippen molar-refractivity contribution in [3.63, 3.8) is 0 Å². The van der Waals surface area contributed by atoms with Crippen LogP contribution in [0.5, 0.6) is 0 Å². The number of rotatable bonds is 9. The number of nitrogens with zero attached hydrogens (tertiary/aromatic N) is 2. The SMILES string of the molecule is CCOC(=O)CCC/C=C1\SCC2C1N(Cc1ccccc1)C(=O)N2Cc1ccccc1. The van der Waals surface area contributed by atoms with Gasteiger partial charge in [-0.05, 0) is 30.9 Å². The number of esters is 1. The number of unbranched alkanes of at least 4 members (excludes halogenated alkanes) is 1. The standard InChI is InChI=1S/C26H30N2O3S/c1-2-31-24(29)16-10-9-15-23-25-22(19-32-23)27(17-20-11-5-3-6-12-20)26(30)28(25)18-21-13-7-4-8-14-21/h3-8,11-15,22,25H,2,9-10,16-19H2,1H3/b23-15-. The summed E-state index contributed by atoms with van der Waals surface area (Å²) in [5.74, 6) is 0.761. The van der Waals surface area contributed by atoms with Crippen LogP contribution in [0.2, 0.25) is 0 Å². The Kier molecular flexibility index (Phi) is 7.53. The van der Waals surface area contributed by atoms with Gasteiger partial charge in [0.25, 0.3) is 0 Å². The maximum Gasteiger partial charge on any atom is 0.321 e. The molecular weight excluding hydrogens is 420 g/mol. The molecule has 0 radical (unpaired) electrons. The molecule has 168 valence electrons. The Morgan fingerprint density at radius 2 is 1.66 bits per heavy atom. The average Bonchev–Trinajstić information content (AvgIpc) is 3.33. The van der Waals surface area contributed by atoms with Crippen LogP contribution in [0.15, 0.2) is 71.6 Å². The van der Waals surface area contributed by atoms with E-state index in [1.807, 2.05) is 64.9 Å². The number of hydrogen-bond acceptors (Lipinski definition) is 4. The van der Waals surface area contributed by atoms with Gasteiger partial charge in [0, 0.05) is 30.2 Å². The van der Waals surface area contributed by atoms with Crippen LogP contribution in [0.4, 0.5) is 4.79 Å². The van der Waals surface area contributed by atoms with Crippen LogP contribution in [0.3, 0.4) is 0 Å². The second kappa shape index (κ2) is 10.7. The molecule has 0 N–H and O–H groups in total. The summed E-state index contributed by atoms with van der Waals surface area (Å²) < 4.78 is 5.03. The van der Waals surface area contributed by atoms with Crippen molar-refractivity contribution in [1.82, 2.24) is 9.80 Å². The zero-order chi connectivity index (χ0) is 22.3. The first kappa shape index (κ1) is 22.5. The molecule has 2 aliphatic rings. The third-order valence-electron chi connectivity index (χ3n) is 5.93. The number of carbonyl (C=O) groups is 2. The maximum atomic E-state index is 13.5. The molecule has 2 fully saturated rings. The molecule has 32 heavy (non-hydrogen) atoms. The summed E-state index contributed by atoms with van der Waals surface area (Å²) in [4.78, 5) is 30.5. The zero-order valence-electron chi connectivity index (χ0n) is 18.5. The summed E-state index contributed by atoms with van der Waals surface area (Å²) >= 11 is 1.84. The number of benzene rings is 2. The molecule has 4 rings (SSSR count). The summed E-state index contributed by atoms with van der Waals surface area (Å²) in [5.41, 5.74) is 2.29. The topological polar surface area (TPSA) is 49.9 Å². The lowest BCUT2D eigenvalue weighted by Crippen LogP contribution is -2.35. The lowest BCUT2D eigenvalue weighted by atomic mass is 10.1. The van der Waals surface area contributed by atoms with E-state index in [1.165, 1.54) is 4.91 Å². The van der Waals surface area contributed by atoms with Gasteiger partial charge in [0.05, 0.1) is 18.7 Å². The second-order valence-corrected chi connectivity index (χ2v) is 9.23. The predicted octanol–water partition coefficient (Wildman–Crippen LogP) is 5.23. The smallest absolute Gasteiger partial charge is 0.321 e. The van der Waals surface area contributed by atoms with Crippen molar-refractivity contribution in [2.24, 2.45) is 0 Å². The molecule has 0 saturated carbocycles. The van der Waals surface area contributed by atoms with E-state index in [1.54, 1.807) is 0 Å². The summed E-state index contributed by atoms with van der Waals surface area (Å²) in [6.45, 7) is 3.48. The van der Waals surface area contributed by atoms with E-state index in [-0.39, 0.29) is 24.1 Å². The minimum absolute atomic E-state index is 0.0685. The van der Waals surface area contributed by atoms with Crippen molar-refractivity contribution in [3.05, 3.63) is 82.8 Å². The molecule has 2 amide bonds. The molecule has 2 aliphatic heterocycles. The zero-order valence-corrected chi connectivity index (χ0v) is 19.3. The normalized spacial score (nSPS) is 21.3. The largest absolute Gasteiger partial charge is 0.466 e. The van der Waals surface area contributed by atoms with E-state index >= 15 is 0 Å². The fraction of sp³-hybridized carbons (Fsp3) is 0.385. The van der Waals surface area contributed by atoms with E-state index in [0.717, 1.165) is 29.7 Å². The lowest BCUT2D eigenvalue weighted by molar-refractivity contribution is -0.143.